The van der Waals surface area contributed by atoms with E-state index in [4.69, 9.17) is 0 Å². The molecule has 17 heavy (non-hydrogen) atoms. The Bertz CT molecular complexity index is 341. The Hall–Kier alpha value is -0.930. The van der Waals surface area contributed by atoms with Gasteiger partial charge in [-0.25, -0.2) is 0 Å². The second kappa shape index (κ2) is 5.61. The highest BCUT2D eigenvalue weighted by Crippen LogP contribution is 2.26. The molecule has 1 aromatic heterocycles. The molecule has 0 amide bonds. The van der Waals surface area contributed by atoms with Gasteiger partial charge >= 0.3 is 0 Å². The first-order valence-corrected chi connectivity index (χ1v) is 6.55. The van der Waals surface area contributed by atoms with Crippen molar-refractivity contribution >= 4 is 0 Å². The summed E-state index contributed by atoms with van der Waals surface area (Å²) < 4.78 is 0. The van der Waals surface area contributed by atoms with Crippen LogP contribution >= 0.6 is 0 Å². The molecule has 3 nitrogen and oxygen atoms in total. The first kappa shape index (κ1) is 12.5. The topological polar surface area (TPSA) is 36.4 Å². The molecule has 0 bridgehead atoms. The fraction of sp³-hybridized carbons (Fsp3) is 0.643. The lowest BCUT2D eigenvalue weighted by Gasteiger charge is -2.26. The molecule has 1 aromatic rings. The lowest BCUT2D eigenvalue weighted by atomic mass is 9.88. The van der Waals surface area contributed by atoms with Gasteiger partial charge in [0.1, 0.15) is 0 Å². The van der Waals surface area contributed by atoms with Gasteiger partial charge < -0.3 is 10.0 Å². The van der Waals surface area contributed by atoms with Crippen LogP contribution in [-0.2, 0) is 6.42 Å². The molecule has 0 aromatic carbocycles. The highest BCUT2D eigenvalue weighted by atomic mass is 16.3. The average molecular weight is 234 g/mol. The van der Waals surface area contributed by atoms with Crippen molar-refractivity contribution in [2.45, 2.75) is 38.2 Å². The summed E-state index contributed by atoms with van der Waals surface area (Å²) in [5.74, 6) is 0. The number of hydrogen-bond donors (Lipinski definition) is 1. The Balaban J connectivity index is 1.99. The zero-order chi connectivity index (χ0) is 12.1. The normalized spacial score (nSPS) is 26.7. The molecular weight excluding hydrogens is 212 g/mol. The molecule has 1 unspecified atom stereocenters. The third-order valence-corrected chi connectivity index (χ3v) is 3.71. The van der Waals surface area contributed by atoms with Gasteiger partial charge in [0, 0.05) is 25.4 Å². The molecule has 0 radical (unpaired) electrons. The van der Waals surface area contributed by atoms with Crippen LogP contribution in [-0.4, -0.2) is 40.2 Å². The first-order valence-electron chi connectivity index (χ1n) is 6.55. The molecule has 0 spiro atoms. The number of aliphatic hydroxyl groups is 1. The number of pyridine rings is 1. The number of hydrogen-bond acceptors (Lipinski definition) is 3. The predicted octanol–water partition coefficient (Wildman–Crippen LogP) is 1.86. The minimum absolute atomic E-state index is 0.535. The number of nitrogens with zero attached hydrogens (tertiary/aromatic N) is 2. The molecule has 1 atom stereocenters. The molecular formula is C14H22N2O. The lowest BCUT2D eigenvalue weighted by molar-refractivity contribution is 0.0258. The molecule has 1 fully saturated rings. The lowest BCUT2D eigenvalue weighted by Crippen LogP contribution is -2.33. The summed E-state index contributed by atoms with van der Waals surface area (Å²) in [7, 11) is 0. The van der Waals surface area contributed by atoms with Crippen molar-refractivity contribution in [3.05, 3.63) is 30.1 Å². The van der Waals surface area contributed by atoms with Gasteiger partial charge in [-0.2, -0.15) is 0 Å². The highest BCUT2D eigenvalue weighted by Gasteiger charge is 2.29. The van der Waals surface area contributed by atoms with Crippen molar-refractivity contribution in [2.24, 2.45) is 0 Å². The molecule has 1 N–H and O–H groups in total. The highest BCUT2D eigenvalue weighted by molar-refractivity contribution is 5.12. The molecule has 1 aliphatic heterocycles. The molecule has 2 rings (SSSR count). The summed E-state index contributed by atoms with van der Waals surface area (Å²) in [6.45, 7) is 5.40. The fourth-order valence-electron chi connectivity index (χ4n) is 2.61. The maximum absolute atomic E-state index is 10.7. The molecule has 0 aliphatic carbocycles. The van der Waals surface area contributed by atoms with Crippen LogP contribution in [0.2, 0.25) is 0 Å². The second-order valence-electron chi connectivity index (χ2n) is 5.05. The average Bonchev–Trinajstić information content (AvgIpc) is 2.52. The van der Waals surface area contributed by atoms with Crippen LogP contribution in [0.4, 0.5) is 0 Å². The van der Waals surface area contributed by atoms with Crippen LogP contribution in [0.25, 0.3) is 0 Å². The van der Waals surface area contributed by atoms with E-state index in [9.17, 15) is 5.11 Å². The Morgan fingerprint density at radius 1 is 1.41 bits per heavy atom. The van der Waals surface area contributed by atoms with Crippen LogP contribution in [0, 0.1) is 0 Å². The van der Waals surface area contributed by atoms with E-state index in [0.29, 0.717) is 0 Å². The number of likely N-dealkylation sites (tertiary alicyclic amines) is 1. The quantitative estimate of drug-likeness (QED) is 0.867. The van der Waals surface area contributed by atoms with Crippen molar-refractivity contribution in [2.75, 3.05) is 19.6 Å². The molecule has 3 heteroatoms. The summed E-state index contributed by atoms with van der Waals surface area (Å²) in [4.78, 5) is 6.53. The molecule has 94 valence electrons. The Morgan fingerprint density at radius 2 is 2.29 bits per heavy atom. The second-order valence-corrected chi connectivity index (χ2v) is 5.05. The van der Waals surface area contributed by atoms with Crippen LogP contribution in [0.3, 0.4) is 0 Å². The largest absolute Gasteiger partial charge is 0.389 e. The van der Waals surface area contributed by atoms with E-state index in [1.165, 1.54) is 0 Å². The van der Waals surface area contributed by atoms with Gasteiger partial charge in [-0.1, -0.05) is 13.0 Å². The van der Waals surface area contributed by atoms with Crippen molar-refractivity contribution in [3.8, 4) is 0 Å². The van der Waals surface area contributed by atoms with Gasteiger partial charge in [0.15, 0.2) is 0 Å². The van der Waals surface area contributed by atoms with Gasteiger partial charge in [-0.3, -0.25) is 4.98 Å². The van der Waals surface area contributed by atoms with E-state index in [0.717, 1.165) is 50.9 Å². The maximum atomic E-state index is 10.7. The van der Waals surface area contributed by atoms with Crippen LogP contribution in [0.15, 0.2) is 24.5 Å². The molecule has 0 saturated carbocycles. The van der Waals surface area contributed by atoms with Crippen LogP contribution < -0.4 is 0 Å². The first-order chi connectivity index (χ1) is 8.22. The van der Waals surface area contributed by atoms with Crippen LogP contribution in [0.5, 0.6) is 0 Å². The zero-order valence-electron chi connectivity index (χ0n) is 10.6. The summed E-state index contributed by atoms with van der Waals surface area (Å²) in [5.41, 5.74) is 0.604. The van der Waals surface area contributed by atoms with Crippen molar-refractivity contribution in [3.63, 3.8) is 0 Å². The summed E-state index contributed by atoms with van der Waals surface area (Å²) in [6.07, 6.45) is 7.23. The maximum Gasteiger partial charge on any atom is 0.0701 e. The molecule has 2 heterocycles. The number of aromatic nitrogens is 1. The van der Waals surface area contributed by atoms with Gasteiger partial charge in [-0.15, -0.1) is 0 Å². The van der Waals surface area contributed by atoms with Gasteiger partial charge in [-0.05, 0) is 44.0 Å². The predicted molar refractivity (Wildman–Crippen MR) is 68.9 cm³/mol. The van der Waals surface area contributed by atoms with Gasteiger partial charge in [0.2, 0.25) is 0 Å². The SMILES string of the molecule is CCN1CCCC(O)(Cc2cccnc2)CC1. The van der Waals surface area contributed by atoms with Crippen LogP contribution in [0.1, 0.15) is 31.7 Å². The minimum atomic E-state index is -0.535. The van der Waals surface area contributed by atoms with Gasteiger partial charge in [0.05, 0.1) is 5.60 Å². The van der Waals surface area contributed by atoms with E-state index in [-0.39, 0.29) is 0 Å². The smallest absolute Gasteiger partial charge is 0.0701 e. The van der Waals surface area contributed by atoms with E-state index < -0.39 is 5.60 Å². The monoisotopic (exact) mass is 234 g/mol. The van der Waals surface area contributed by atoms with E-state index in [2.05, 4.69) is 16.8 Å². The number of rotatable bonds is 3. The van der Waals surface area contributed by atoms with E-state index >= 15 is 0 Å². The Morgan fingerprint density at radius 3 is 3.00 bits per heavy atom. The van der Waals surface area contributed by atoms with Gasteiger partial charge in [0.25, 0.3) is 0 Å². The van der Waals surface area contributed by atoms with Crippen molar-refractivity contribution in [1.29, 1.82) is 0 Å². The Labute approximate surface area is 103 Å². The third kappa shape index (κ3) is 3.51. The molecule has 1 aliphatic rings. The van der Waals surface area contributed by atoms with E-state index in [1.807, 2.05) is 18.3 Å². The Kier molecular flexibility index (Phi) is 4.13. The fourth-order valence-corrected chi connectivity index (χ4v) is 2.61. The summed E-state index contributed by atoms with van der Waals surface area (Å²) >= 11 is 0. The third-order valence-electron chi connectivity index (χ3n) is 3.71. The van der Waals surface area contributed by atoms with Crippen molar-refractivity contribution in [1.82, 2.24) is 9.88 Å². The molecule has 1 saturated heterocycles. The van der Waals surface area contributed by atoms with Crippen molar-refractivity contribution < 1.29 is 5.11 Å². The minimum Gasteiger partial charge on any atom is -0.389 e. The summed E-state index contributed by atoms with van der Waals surface area (Å²) in [5, 5.41) is 10.7. The zero-order valence-corrected chi connectivity index (χ0v) is 10.6. The summed E-state index contributed by atoms with van der Waals surface area (Å²) in [6, 6.07) is 3.99. The standard InChI is InChI=1S/C14H22N2O/c1-2-16-9-4-6-14(17,7-10-16)11-13-5-3-8-15-12-13/h3,5,8,12,17H,2,4,6-7,9-11H2,1H3. The van der Waals surface area contributed by atoms with E-state index in [1.54, 1.807) is 6.20 Å².